The van der Waals surface area contributed by atoms with E-state index in [9.17, 15) is 9.59 Å². The summed E-state index contributed by atoms with van der Waals surface area (Å²) >= 11 is 0. The fourth-order valence-electron chi connectivity index (χ4n) is 2.87. The molecule has 4 heteroatoms. The Morgan fingerprint density at radius 3 is 2.56 bits per heavy atom. The zero-order valence-corrected chi connectivity index (χ0v) is 10.6. The van der Waals surface area contributed by atoms with E-state index in [0.29, 0.717) is 25.2 Å². The fourth-order valence-corrected chi connectivity index (χ4v) is 2.87. The number of hydrogen-bond donors (Lipinski definition) is 2. The average molecular weight is 251 g/mol. The lowest BCUT2D eigenvalue weighted by Crippen LogP contribution is -2.34. The molecule has 0 spiro atoms. The number of allylic oxidation sites excluding steroid dienone is 2. The summed E-state index contributed by atoms with van der Waals surface area (Å²) in [6, 6.07) is 0. The van der Waals surface area contributed by atoms with Gasteiger partial charge in [0, 0.05) is 12.5 Å². The second kappa shape index (κ2) is 6.03. The van der Waals surface area contributed by atoms with Gasteiger partial charge >= 0.3 is 5.97 Å². The Morgan fingerprint density at radius 2 is 1.94 bits per heavy atom. The van der Waals surface area contributed by atoms with Crippen molar-refractivity contribution in [2.45, 2.75) is 38.5 Å². The third kappa shape index (κ3) is 3.34. The van der Waals surface area contributed by atoms with Crippen LogP contribution in [0.2, 0.25) is 0 Å². The topological polar surface area (TPSA) is 66.4 Å². The summed E-state index contributed by atoms with van der Waals surface area (Å²) in [7, 11) is 0. The molecule has 2 rings (SSSR count). The van der Waals surface area contributed by atoms with E-state index >= 15 is 0 Å². The van der Waals surface area contributed by atoms with Gasteiger partial charge in [0.15, 0.2) is 0 Å². The maximum absolute atomic E-state index is 11.9. The van der Waals surface area contributed by atoms with Crippen molar-refractivity contribution in [3.63, 3.8) is 0 Å². The quantitative estimate of drug-likeness (QED) is 0.751. The molecular formula is C14H21NO3. The molecule has 1 unspecified atom stereocenters. The molecular weight excluding hydrogens is 230 g/mol. The zero-order valence-electron chi connectivity index (χ0n) is 10.6. The van der Waals surface area contributed by atoms with Crippen LogP contribution in [0.25, 0.3) is 0 Å². The van der Waals surface area contributed by atoms with Gasteiger partial charge in [-0.1, -0.05) is 12.2 Å². The number of carbonyl (C=O) groups is 2. The normalized spacial score (nSPS) is 31.2. The first-order chi connectivity index (χ1) is 8.66. The highest BCUT2D eigenvalue weighted by molar-refractivity contribution is 5.80. The third-order valence-electron chi connectivity index (χ3n) is 4.10. The van der Waals surface area contributed by atoms with E-state index in [4.69, 9.17) is 5.11 Å². The summed E-state index contributed by atoms with van der Waals surface area (Å²) in [5.41, 5.74) is 0. The Bertz CT molecular complexity index is 351. The van der Waals surface area contributed by atoms with E-state index in [1.807, 2.05) is 0 Å². The monoisotopic (exact) mass is 251 g/mol. The molecule has 1 amide bonds. The molecule has 0 bridgehead atoms. The minimum absolute atomic E-state index is 0.0494. The Morgan fingerprint density at radius 1 is 1.17 bits per heavy atom. The number of carboxylic acid groups (broad SMARTS) is 1. The van der Waals surface area contributed by atoms with Gasteiger partial charge in [-0.15, -0.1) is 0 Å². The standard InChI is InChI=1S/C14H21NO3/c16-13(11-6-7-12(8-11)14(17)18)15-9-10-4-2-1-3-5-10/h1-2,10-12H,3-9H2,(H,15,16)(H,17,18)/t10?,11-,12+/m1/s1. The van der Waals surface area contributed by atoms with Crippen LogP contribution in [-0.2, 0) is 9.59 Å². The molecule has 18 heavy (non-hydrogen) atoms. The number of rotatable bonds is 4. The number of aliphatic carboxylic acids is 1. The van der Waals surface area contributed by atoms with Gasteiger partial charge in [0.1, 0.15) is 0 Å². The van der Waals surface area contributed by atoms with Crippen molar-refractivity contribution in [3.8, 4) is 0 Å². The van der Waals surface area contributed by atoms with Gasteiger partial charge < -0.3 is 10.4 Å². The number of amides is 1. The fraction of sp³-hybridized carbons (Fsp3) is 0.714. The van der Waals surface area contributed by atoms with Gasteiger partial charge in [-0.3, -0.25) is 9.59 Å². The molecule has 0 aromatic heterocycles. The second-order valence-electron chi connectivity index (χ2n) is 5.44. The largest absolute Gasteiger partial charge is 0.481 e. The lowest BCUT2D eigenvalue weighted by atomic mass is 9.94. The highest BCUT2D eigenvalue weighted by atomic mass is 16.4. The highest BCUT2D eigenvalue weighted by Crippen LogP contribution is 2.31. The van der Waals surface area contributed by atoms with Crippen molar-refractivity contribution in [2.75, 3.05) is 6.54 Å². The first-order valence-corrected chi connectivity index (χ1v) is 6.82. The summed E-state index contributed by atoms with van der Waals surface area (Å²) in [4.78, 5) is 22.8. The van der Waals surface area contributed by atoms with Crippen LogP contribution in [0, 0.1) is 17.8 Å². The summed E-state index contributed by atoms with van der Waals surface area (Å²) in [6.45, 7) is 0.734. The van der Waals surface area contributed by atoms with Gasteiger partial charge in [0.2, 0.25) is 5.91 Å². The maximum atomic E-state index is 11.9. The van der Waals surface area contributed by atoms with Crippen molar-refractivity contribution < 1.29 is 14.7 Å². The molecule has 0 radical (unpaired) electrons. The van der Waals surface area contributed by atoms with Gasteiger partial charge in [-0.2, -0.15) is 0 Å². The molecule has 0 heterocycles. The molecule has 2 aliphatic carbocycles. The van der Waals surface area contributed by atoms with Crippen molar-refractivity contribution in [1.29, 1.82) is 0 Å². The SMILES string of the molecule is O=C(O)[C@H]1CC[C@@H](C(=O)NCC2CC=CCC2)C1. The molecule has 100 valence electrons. The van der Waals surface area contributed by atoms with E-state index in [2.05, 4.69) is 17.5 Å². The van der Waals surface area contributed by atoms with E-state index in [1.165, 1.54) is 0 Å². The molecule has 1 fully saturated rings. The molecule has 0 aromatic carbocycles. The minimum Gasteiger partial charge on any atom is -0.481 e. The third-order valence-corrected chi connectivity index (χ3v) is 4.10. The molecule has 0 aliphatic heterocycles. The molecule has 2 aliphatic rings. The minimum atomic E-state index is -0.761. The van der Waals surface area contributed by atoms with Crippen molar-refractivity contribution in [2.24, 2.45) is 17.8 Å². The Balaban J connectivity index is 1.72. The first kappa shape index (κ1) is 13.1. The number of carboxylic acids is 1. The maximum Gasteiger partial charge on any atom is 0.306 e. The van der Waals surface area contributed by atoms with Crippen LogP contribution in [0.5, 0.6) is 0 Å². The lowest BCUT2D eigenvalue weighted by Gasteiger charge is -2.19. The molecule has 0 aromatic rings. The summed E-state index contributed by atoms with van der Waals surface area (Å²) in [5, 5.41) is 11.9. The highest BCUT2D eigenvalue weighted by Gasteiger charge is 2.33. The van der Waals surface area contributed by atoms with Crippen LogP contribution in [0.15, 0.2) is 12.2 Å². The van der Waals surface area contributed by atoms with E-state index < -0.39 is 5.97 Å². The number of nitrogens with one attached hydrogen (secondary N) is 1. The molecule has 0 saturated heterocycles. The smallest absolute Gasteiger partial charge is 0.306 e. The Hall–Kier alpha value is -1.32. The van der Waals surface area contributed by atoms with Crippen molar-refractivity contribution >= 4 is 11.9 Å². The Kier molecular flexibility index (Phi) is 4.39. The van der Waals surface area contributed by atoms with E-state index in [-0.39, 0.29) is 17.7 Å². The zero-order chi connectivity index (χ0) is 13.0. The summed E-state index contributed by atoms with van der Waals surface area (Å²) in [6.07, 6.45) is 9.51. The average Bonchev–Trinajstić information content (AvgIpc) is 2.87. The van der Waals surface area contributed by atoms with Crippen LogP contribution in [0.1, 0.15) is 38.5 Å². The van der Waals surface area contributed by atoms with Crippen molar-refractivity contribution in [1.82, 2.24) is 5.32 Å². The first-order valence-electron chi connectivity index (χ1n) is 6.82. The molecule has 2 N–H and O–H groups in total. The summed E-state index contributed by atoms with van der Waals surface area (Å²) in [5.74, 6) is -0.574. The predicted molar refractivity (Wildman–Crippen MR) is 68.0 cm³/mol. The van der Waals surface area contributed by atoms with E-state index in [0.717, 1.165) is 25.8 Å². The van der Waals surface area contributed by atoms with Crippen molar-refractivity contribution in [3.05, 3.63) is 12.2 Å². The predicted octanol–water partition coefficient (Wildman–Crippen LogP) is 1.96. The summed E-state index contributed by atoms with van der Waals surface area (Å²) < 4.78 is 0. The van der Waals surface area contributed by atoms with Gasteiger partial charge in [0.25, 0.3) is 0 Å². The molecule has 3 atom stereocenters. The molecule has 1 saturated carbocycles. The van der Waals surface area contributed by atoms with Gasteiger partial charge in [-0.05, 0) is 44.4 Å². The Labute approximate surface area is 107 Å². The van der Waals surface area contributed by atoms with Gasteiger partial charge in [-0.25, -0.2) is 0 Å². The van der Waals surface area contributed by atoms with Crippen LogP contribution < -0.4 is 5.32 Å². The number of carbonyl (C=O) groups excluding carboxylic acids is 1. The number of hydrogen-bond acceptors (Lipinski definition) is 2. The molecule has 4 nitrogen and oxygen atoms in total. The van der Waals surface area contributed by atoms with E-state index in [1.54, 1.807) is 0 Å². The second-order valence-corrected chi connectivity index (χ2v) is 5.44. The van der Waals surface area contributed by atoms with Crippen LogP contribution in [0.3, 0.4) is 0 Å². The van der Waals surface area contributed by atoms with Gasteiger partial charge in [0.05, 0.1) is 5.92 Å². The lowest BCUT2D eigenvalue weighted by molar-refractivity contribution is -0.141. The van der Waals surface area contributed by atoms with Crippen LogP contribution in [0.4, 0.5) is 0 Å². The van der Waals surface area contributed by atoms with Crippen LogP contribution >= 0.6 is 0 Å². The van der Waals surface area contributed by atoms with Crippen LogP contribution in [-0.4, -0.2) is 23.5 Å².